The number of anilines is 2. The molecule has 0 atom stereocenters. The molecule has 2 aromatic rings. The van der Waals surface area contributed by atoms with Gasteiger partial charge < -0.3 is 11.1 Å². The van der Waals surface area contributed by atoms with Crippen LogP contribution in [0.5, 0.6) is 0 Å². The summed E-state index contributed by atoms with van der Waals surface area (Å²) in [4.78, 5) is 12.2. The molecule has 20 heavy (non-hydrogen) atoms. The summed E-state index contributed by atoms with van der Waals surface area (Å²) in [6.07, 6.45) is 0. The van der Waals surface area contributed by atoms with E-state index < -0.39 is 11.7 Å². The number of carbonyl (C=O) groups excluding carboxylic acids is 1. The fraction of sp³-hybridized carbons (Fsp3) is 0.0714. The van der Waals surface area contributed by atoms with Gasteiger partial charge in [-0.05, 0) is 74.7 Å². The van der Waals surface area contributed by atoms with E-state index in [1.165, 1.54) is 12.1 Å². The summed E-state index contributed by atoms with van der Waals surface area (Å²) in [6.45, 7) is 1.94. The number of halogens is 3. The minimum absolute atomic E-state index is 0.101. The Morgan fingerprint density at radius 3 is 2.40 bits per heavy atom. The second-order valence-corrected chi connectivity index (χ2v) is 6.00. The maximum Gasteiger partial charge on any atom is 0.257 e. The van der Waals surface area contributed by atoms with Gasteiger partial charge in [-0.3, -0.25) is 4.79 Å². The van der Waals surface area contributed by atoms with Crippen LogP contribution in [0.1, 0.15) is 15.9 Å². The van der Waals surface area contributed by atoms with Gasteiger partial charge >= 0.3 is 0 Å². The summed E-state index contributed by atoms with van der Waals surface area (Å²) in [5, 5.41) is 2.71. The lowest BCUT2D eigenvalue weighted by molar-refractivity contribution is 0.102. The fourth-order valence-corrected chi connectivity index (χ4v) is 3.34. The van der Waals surface area contributed by atoms with Crippen LogP contribution in [-0.4, -0.2) is 5.91 Å². The Morgan fingerprint density at radius 2 is 1.80 bits per heavy atom. The smallest absolute Gasteiger partial charge is 0.257 e. The first-order valence-corrected chi connectivity index (χ1v) is 7.29. The summed E-state index contributed by atoms with van der Waals surface area (Å²) >= 11 is 6.76. The third kappa shape index (κ3) is 3.19. The maximum atomic E-state index is 13.2. The third-order valence-corrected chi connectivity index (χ3v) is 3.94. The normalized spacial score (nSPS) is 10.4. The van der Waals surface area contributed by atoms with Crippen LogP contribution in [0.15, 0.2) is 39.3 Å². The van der Waals surface area contributed by atoms with Crippen molar-refractivity contribution in [3.05, 3.63) is 56.2 Å². The van der Waals surface area contributed by atoms with Crippen LogP contribution in [0.25, 0.3) is 0 Å². The van der Waals surface area contributed by atoms with E-state index in [1.807, 2.05) is 19.1 Å². The molecule has 0 radical (unpaired) electrons. The molecule has 0 aromatic heterocycles. The molecular weight excluding hydrogens is 391 g/mol. The largest absolute Gasteiger partial charge is 0.398 e. The summed E-state index contributed by atoms with van der Waals surface area (Å²) in [6, 6.07) is 7.43. The highest BCUT2D eigenvalue weighted by Gasteiger charge is 2.14. The number of hydrogen-bond donors (Lipinski definition) is 2. The van der Waals surface area contributed by atoms with E-state index in [2.05, 4.69) is 37.2 Å². The average Bonchev–Trinajstić information content (AvgIpc) is 2.36. The Morgan fingerprint density at radius 1 is 1.20 bits per heavy atom. The molecule has 0 unspecified atom stereocenters. The van der Waals surface area contributed by atoms with E-state index in [0.717, 1.165) is 20.6 Å². The fourth-order valence-electron chi connectivity index (χ4n) is 1.73. The van der Waals surface area contributed by atoms with Crippen molar-refractivity contribution < 1.29 is 9.18 Å². The highest BCUT2D eigenvalue weighted by atomic mass is 79.9. The SMILES string of the molecule is Cc1cc(Br)c(NC(=O)c2cc(F)ccc2N)c(Br)c1. The lowest BCUT2D eigenvalue weighted by Crippen LogP contribution is -2.15. The number of rotatable bonds is 2. The first-order valence-electron chi connectivity index (χ1n) is 5.70. The predicted octanol–water partition coefficient (Wildman–Crippen LogP) is 4.49. The van der Waals surface area contributed by atoms with Gasteiger partial charge in [-0.1, -0.05) is 0 Å². The van der Waals surface area contributed by atoms with Gasteiger partial charge in [0.1, 0.15) is 5.82 Å². The van der Waals surface area contributed by atoms with Crippen molar-refractivity contribution >= 4 is 49.1 Å². The minimum atomic E-state index is -0.508. The van der Waals surface area contributed by atoms with Crippen molar-refractivity contribution in [1.82, 2.24) is 0 Å². The molecule has 0 bridgehead atoms. The number of hydrogen-bond acceptors (Lipinski definition) is 2. The Bertz CT molecular complexity index is 666. The monoisotopic (exact) mass is 400 g/mol. The van der Waals surface area contributed by atoms with Gasteiger partial charge in [0.15, 0.2) is 0 Å². The molecule has 0 aliphatic rings. The summed E-state index contributed by atoms with van der Waals surface area (Å²) < 4.78 is 14.7. The van der Waals surface area contributed by atoms with Crippen molar-refractivity contribution in [3.63, 3.8) is 0 Å². The highest BCUT2D eigenvalue weighted by Crippen LogP contribution is 2.33. The van der Waals surface area contributed by atoms with E-state index in [1.54, 1.807) is 0 Å². The third-order valence-electron chi connectivity index (χ3n) is 2.68. The first-order chi connectivity index (χ1) is 9.38. The first kappa shape index (κ1) is 15.0. The van der Waals surface area contributed by atoms with Crippen LogP contribution in [0.3, 0.4) is 0 Å². The lowest BCUT2D eigenvalue weighted by atomic mass is 10.1. The Balaban J connectivity index is 2.35. The van der Waals surface area contributed by atoms with E-state index in [4.69, 9.17) is 5.73 Å². The van der Waals surface area contributed by atoms with Crippen molar-refractivity contribution in [2.24, 2.45) is 0 Å². The van der Waals surface area contributed by atoms with Crippen LogP contribution in [0.2, 0.25) is 0 Å². The van der Waals surface area contributed by atoms with Gasteiger partial charge in [-0.15, -0.1) is 0 Å². The number of benzene rings is 2. The molecule has 0 aliphatic carbocycles. The van der Waals surface area contributed by atoms with E-state index in [-0.39, 0.29) is 11.3 Å². The summed E-state index contributed by atoms with van der Waals surface area (Å²) in [5.41, 5.74) is 7.63. The Kier molecular flexibility index (Phi) is 4.45. The molecule has 0 saturated heterocycles. The molecule has 1 amide bonds. The van der Waals surface area contributed by atoms with Crippen molar-refractivity contribution in [2.45, 2.75) is 6.92 Å². The molecule has 3 nitrogen and oxygen atoms in total. The van der Waals surface area contributed by atoms with Gasteiger partial charge in [0.05, 0.1) is 11.3 Å². The molecule has 0 spiro atoms. The standard InChI is InChI=1S/C14H11Br2FN2O/c1-7-4-10(15)13(11(16)5-7)19-14(20)9-6-8(17)2-3-12(9)18/h2-6H,18H2,1H3,(H,19,20). The Labute approximate surface area is 132 Å². The second kappa shape index (κ2) is 5.93. The summed E-state index contributed by atoms with van der Waals surface area (Å²) in [7, 11) is 0. The zero-order valence-electron chi connectivity index (χ0n) is 10.5. The molecule has 2 rings (SSSR count). The molecule has 0 fully saturated rings. The number of nitrogens with two attached hydrogens (primary N) is 1. The highest BCUT2D eigenvalue weighted by molar-refractivity contribution is 9.11. The van der Waals surface area contributed by atoms with E-state index in [9.17, 15) is 9.18 Å². The van der Waals surface area contributed by atoms with Crippen LogP contribution in [-0.2, 0) is 0 Å². The second-order valence-electron chi connectivity index (χ2n) is 4.29. The molecule has 6 heteroatoms. The minimum Gasteiger partial charge on any atom is -0.398 e. The average molecular weight is 402 g/mol. The van der Waals surface area contributed by atoms with Gasteiger partial charge in [-0.2, -0.15) is 0 Å². The van der Waals surface area contributed by atoms with E-state index >= 15 is 0 Å². The van der Waals surface area contributed by atoms with Crippen molar-refractivity contribution in [2.75, 3.05) is 11.1 Å². The number of amides is 1. The number of nitrogens with one attached hydrogen (secondary N) is 1. The van der Waals surface area contributed by atoms with Crippen LogP contribution >= 0.6 is 31.9 Å². The number of aryl methyl sites for hydroxylation is 1. The number of nitrogen functional groups attached to an aromatic ring is 1. The molecule has 0 saturated carbocycles. The zero-order valence-corrected chi connectivity index (χ0v) is 13.7. The van der Waals surface area contributed by atoms with E-state index in [0.29, 0.717) is 5.69 Å². The van der Waals surface area contributed by atoms with Gasteiger partial charge in [0.25, 0.3) is 5.91 Å². The Hall–Kier alpha value is -1.40. The van der Waals surface area contributed by atoms with Gasteiger partial charge in [-0.25, -0.2) is 4.39 Å². The van der Waals surface area contributed by atoms with Crippen LogP contribution < -0.4 is 11.1 Å². The summed E-state index contributed by atoms with van der Waals surface area (Å²) in [5.74, 6) is -0.973. The molecular formula is C14H11Br2FN2O. The molecule has 2 aromatic carbocycles. The molecule has 0 aliphatic heterocycles. The number of carbonyl (C=O) groups is 1. The van der Waals surface area contributed by atoms with Crippen molar-refractivity contribution in [1.29, 1.82) is 0 Å². The predicted molar refractivity (Wildman–Crippen MR) is 85.3 cm³/mol. The maximum absolute atomic E-state index is 13.2. The van der Waals surface area contributed by atoms with Gasteiger partial charge in [0.2, 0.25) is 0 Å². The lowest BCUT2D eigenvalue weighted by Gasteiger charge is -2.12. The zero-order chi connectivity index (χ0) is 14.9. The van der Waals surface area contributed by atoms with Crippen molar-refractivity contribution in [3.8, 4) is 0 Å². The van der Waals surface area contributed by atoms with Gasteiger partial charge in [0, 0.05) is 14.6 Å². The molecule has 3 N–H and O–H groups in total. The van der Waals surface area contributed by atoms with Crippen LogP contribution in [0.4, 0.5) is 15.8 Å². The topological polar surface area (TPSA) is 55.1 Å². The molecule has 104 valence electrons. The quantitative estimate of drug-likeness (QED) is 0.728. The van der Waals surface area contributed by atoms with Crippen LogP contribution in [0, 0.1) is 12.7 Å². The molecule has 0 heterocycles.